The third-order valence-electron chi connectivity index (χ3n) is 8.69. The third kappa shape index (κ3) is 13.5. The Labute approximate surface area is 297 Å². The average molecular weight is 685 g/mol. The maximum atomic E-state index is 5.79. The second kappa shape index (κ2) is 18.3. The van der Waals surface area contributed by atoms with Crippen LogP contribution in [0.5, 0.6) is 0 Å². The second-order valence-corrected chi connectivity index (χ2v) is 16.7. The van der Waals surface area contributed by atoms with Crippen LogP contribution < -0.4 is 19.8 Å². The number of nitrogens with two attached hydrogens (primary N) is 1. The number of pyridine rings is 2. The number of benzene rings is 2. The van der Waals surface area contributed by atoms with Crippen LogP contribution in [0.2, 0.25) is 0 Å². The number of nitrogen functional groups attached to an aromatic ring is 1. The highest BCUT2D eigenvalue weighted by molar-refractivity contribution is 8.76. The van der Waals surface area contributed by atoms with Crippen LogP contribution >= 0.6 is 21.6 Å². The van der Waals surface area contributed by atoms with Crippen LogP contribution in [0.3, 0.4) is 0 Å². The molecule has 2 aromatic heterocycles. The fourth-order valence-corrected chi connectivity index (χ4v) is 7.54. The van der Waals surface area contributed by atoms with E-state index in [0.717, 1.165) is 46.4 Å². The zero-order chi connectivity index (χ0) is 34.4. The maximum Gasteiger partial charge on any atom is 0.196 e. The first-order valence-corrected chi connectivity index (χ1v) is 19.3. The van der Waals surface area contributed by atoms with Gasteiger partial charge < -0.3 is 19.6 Å². The van der Waals surface area contributed by atoms with Crippen LogP contribution in [-0.4, -0.2) is 88.9 Å². The minimum absolute atomic E-state index is 0.793. The topological polar surface area (TPSA) is 37.0 Å². The van der Waals surface area contributed by atoms with E-state index in [1.165, 1.54) is 47.0 Å². The standard InChI is InChI=1S/C40H55N6S2/c1-42(2)40-17-13-36(14-18-40)8-10-38-21-25-44(26-22-38)28-30-46(5,6)32-34-48-47-33-31-45(3,4)29-27-43-23-19-37(20-24-43)9-7-35-11-15-39(41)16-12-35/h7-26,41H,27-34H2,1-6H3/q+3/p+1. The summed E-state index contributed by atoms with van der Waals surface area (Å²) in [6, 6.07) is 25.4. The Morgan fingerprint density at radius 1 is 0.542 bits per heavy atom. The average Bonchev–Trinajstić information content (AvgIpc) is 3.08. The van der Waals surface area contributed by atoms with Crippen molar-refractivity contribution >= 4 is 57.3 Å². The first-order chi connectivity index (χ1) is 23.0. The summed E-state index contributed by atoms with van der Waals surface area (Å²) in [6.07, 6.45) is 17.4. The van der Waals surface area contributed by atoms with Crippen LogP contribution in [0.25, 0.3) is 24.3 Å². The van der Waals surface area contributed by atoms with Crippen LogP contribution in [0, 0.1) is 0 Å². The molecule has 2 heterocycles. The van der Waals surface area contributed by atoms with E-state index in [4.69, 9.17) is 5.73 Å². The summed E-state index contributed by atoms with van der Waals surface area (Å²) in [6.45, 7) is 6.61. The van der Waals surface area contributed by atoms with Gasteiger partial charge in [0.15, 0.2) is 37.9 Å². The van der Waals surface area contributed by atoms with E-state index in [2.05, 4.69) is 154 Å². The predicted octanol–water partition coefficient (Wildman–Crippen LogP) is 6.49. The van der Waals surface area contributed by atoms with Crippen molar-refractivity contribution in [2.45, 2.75) is 13.1 Å². The lowest BCUT2D eigenvalue weighted by molar-refractivity contribution is -0.907. The summed E-state index contributed by atoms with van der Waals surface area (Å²) in [7, 11) is 17.6. The molecule has 0 amide bonds. The second-order valence-electron chi connectivity index (χ2n) is 14.0. The Morgan fingerprint density at radius 3 is 1.27 bits per heavy atom. The number of hydrogen-bond donors (Lipinski definition) is 1. The number of hydrogen-bond acceptors (Lipinski definition) is 4. The van der Waals surface area contributed by atoms with Crippen LogP contribution in [0.4, 0.5) is 11.4 Å². The van der Waals surface area contributed by atoms with Crippen LogP contribution in [-0.2, 0) is 13.1 Å². The van der Waals surface area contributed by atoms with Crippen molar-refractivity contribution in [1.82, 2.24) is 0 Å². The van der Waals surface area contributed by atoms with Crippen molar-refractivity contribution in [2.24, 2.45) is 0 Å². The Morgan fingerprint density at radius 2 is 0.896 bits per heavy atom. The van der Waals surface area contributed by atoms with E-state index < -0.39 is 0 Å². The summed E-state index contributed by atoms with van der Waals surface area (Å²) in [5, 5.41) is 0. The van der Waals surface area contributed by atoms with Gasteiger partial charge in [0.1, 0.15) is 13.1 Å². The fraction of sp³-hybridized carbons (Fsp3) is 0.350. The molecule has 0 aliphatic carbocycles. The van der Waals surface area contributed by atoms with E-state index in [-0.39, 0.29) is 0 Å². The lowest BCUT2D eigenvalue weighted by Gasteiger charge is -2.29. The molecule has 8 heteroatoms. The van der Waals surface area contributed by atoms with Crippen molar-refractivity contribution in [1.29, 1.82) is 0 Å². The number of nitrogens with zero attached hydrogens (tertiary/aromatic N) is 5. The quantitative estimate of drug-likeness (QED) is 0.0428. The van der Waals surface area contributed by atoms with E-state index in [1.54, 1.807) is 0 Å². The molecule has 2 N–H and O–H groups in total. The lowest BCUT2D eigenvalue weighted by atomic mass is 10.1. The molecule has 0 aliphatic rings. The maximum absolute atomic E-state index is 5.79. The summed E-state index contributed by atoms with van der Waals surface area (Å²) < 4.78 is 6.65. The molecule has 0 aliphatic heterocycles. The summed E-state index contributed by atoms with van der Waals surface area (Å²) in [5.74, 6) is 2.34. The van der Waals surface area contributed by atoms with Crippen molar-refractivity contribution in [2.75, 3.05) is 90.6 Å². The molecule has 0 spiro atoms. The molecule has 2 aromatic carbocycles. The molecule has 0 bridgehead atoms. The smallest absolute Gasteiger partial charge is 0.196 e. The van der Waals surface area contributed by atoms with Gasteiger partial charge in [0.05, 0.1) is 52.8 Å². The van der Waals surface area contributed by atoms with Gasteiger partial charge in [-0.1, -0.05) is 70.2 Å². The molecule has 0 fully saturated rings. The number of anilines is 2. The van der Waals surface area contributed by atoms with Gasteiger partial charge in [0, 0.05) is 49.7 Å². The van der Waals surface area contributed by atoms with E-state index in [1.807, 2.05) is 45.9 Å². The molecule has 48 heavy (non-hydrogen) atoms. The number of aromatic nitrogens is 2. The lowest BCUT2D eigenvalue weighted by Crippen LogP contribution is -2.49. The first-order valence-electron chi connectivity index (χ1n) is 16.8. The Bertz CT molecular complexity index is 1580. The van der Waals surface area contributed by atoms with Gasteiger partial charge >= 0.3 is 0 Å². The number of rotatable bonds is 18. The van der Waals surface area contributed by atoms with Crippen molar-refractivity contribution in [3.63, 3.8) is 0 Å². The van der Waals surface area contributed by atoms with Gasteiger partial charge in [-0.3, -0.25) is 0 Å². The van der Waals surface area contributed by atoms with E-state index in [0.29, 0.717) is 0 Å². The Kier molecular flexibility index (Phi) is 14.2. The van der Waals surface area contributed by atoms with Gasteiger partial charge in [0.2, 0.25) is 0 Å². The molecule has 0 saturated heterocycles. The van der Waals surface area contributed by atoms with E-state index >= 15 is 0 Å². The molecular weight excluding hydrogens is 629 g/mol. The minimum atomic E-state index is 0.793. The fourth-order valence-electron chi connectivity index (χ4n) is 5.02. The van der Waals surface area contributed by atoms with Gasteiger partial charge in [-0.25, -0.2) is 0 Å². The molecule has 0 atom stereocenters. The molecule has 0 radical (unpaired) electrons. The first kappa shape index (κ1) is 37.3. The highest BCUT2D eigenvalue weighted by Gasteiger charge is 2.19. The van der Waals surface area contributed by atoms with Crippen molar-refractivity contribution < 1.29 is 18.1 Å². The van der Waals surface area contributed by atoms with Crippen molar-refractivity contribution in [3.05, 3.63) is 120 Å². The molecule has 0 unspecified atom stereocenters. The third-order valence-corrected chi connectivity index (χ3v) is 11.1. The summed E-state index contributed by atoms with van der Waals surface area (Å²) in [4.78, 5) is 2.12. The van der Waals surface area contributed by atoms with Gasteiger partial charge in [-0.2, -0.15) is 9.13 Å². The molecule has 6 nitrogen and oxygen atoms in total. The normalized spacial score (nSPS) is 12.3. The molecule has 0 saturated carbocycles. The monoisotopic (exact) mass is 684 g/mol. The van der Waals surface area contributed by atoms with Gasteiger partial charge in [-0.05, 0) is 46.5 Å². The van der Waals surface area contributed by atoms with Crippen LogP contribution in [0.1, 0.15) is 22.3 Å². The highest BCUT2D eigenvalue weighted by Crippen LogP contribution is 2.22. The minimum Gasteiger partial charge on any atom is -0.399 e. The zero-order valence-corrected chi connectivity index (χ0v) is 31.5. The SMILES string of the molecule is CN(C)c1ccc(C=Cc2cc[n+](CC[N+](C)(C)CCSSCC[N+](C)(C)CC[n+]3ccc(C=Cc4ccc(N)cc4)cc3)cc2)cc1. The van der Waals surface area contributed by atoms with Crippen molar-refractivity contribution in [3.8, 4) is 0 Å². The van der Waals surface area contributed by atoms with Gasteiger partial charge in [0.25, 0.3) is 0 Å². The Balaban J connectivity index is 1.08. The van der Waals surface area contributed by atoms with Crippen LogP contribution in [0.15, 0.2) is 97.6 Å². The molecule has 4 aromatic rings. The summed E-state index contributed by atoms with van der Waals surface area (Å²) in [5.41, 5.74) is 12.6. The highest BCUT2D eigenvalue weighted by atomic mass is 33.1. The summed E-state index contributed by atoms with van der Waals surface area (Å²) >= 11 is 0. The van der Waals surface area contributed by atoms with Gasteiger partial charge in [-0.15, -0.1) is 0 Å². The molecule has 4 rings (SSSR count). The largest absolute Gasteiger partial charge is 0.399 e. The molecule has 254 valence electrons. The zero-order valence-electron chi connectivity index (χ0n) is 29.8. The number of likely N-dealkylation sites (N-methyl/N-ethyl adjacent to an activating group) is 2. The number of quaternary nitrogens is 2. The Hall–Kier alpha value is -3.56. The predicted molar refractivity (Wildman–Crippen MR) is 211 cm³/mol. The molecular formula is C40H56N6S2+4. The van der Waals surface area contributed by atoms with E-state index in [9.17, 15) is 0 Å².